The summed E-state index contributed by atoms with van der Waals surface area (Å²) in [5, 5.41) is 19.3. The van der Waals surface area contributed by atoms with Gasteiger partial charge in [0.1, 0.15) is 17.1 Å². The molecular formula is C11H10O5. The molecule has 0 radical (unpaired) electrons. The van der Waals surface area contributed by atoms with Gasteiger partial charge in [-0.15, -0.1) is 0 Å². The molecule has 0 atom stereocenters. The number of phenolic OH excluding ortho intramolecular Hbond substituents is 2. The minimum atomic E-state index is -0.551. The fourth-order valence-corrected chi connectivity index (χ4v) is 1.61. The third-order valence-corrected chi connectivity index (χ3v) is 2.19. The van der Waals surface area contributed by atoms with Gasteiger partial charge in [-0.05, 0) is 5.56 Å². The molecule has 84 valence electrons. The number of aromatic hydroxyl groups is 2. The summed E-state index contributed by atoms with van der Waals surface area (Å²) in [6.07, 6.45) is 0. The highest BCUT2D eigenvalue weighted by Crippen LogP contribution is 2.31. The van der Waals surface area contributed by atoms with Gasteiger partial charge in [0.2, 0.25) is 0 Å². The lowest BCUT2D eigenvalue weighted by atomic mass is 10.1. The maximum atomic E-state index is 11.2. The minimum Gasteiger partial charge on any atom is -0.508 e. The van der Waals surface area contributed by atoms with Crippen molar-refractivity contribution in [3.8, 4) is 11.5 Å². The highest BCUT2D eigenvalue weighted by atomic mass is 16.5. The highest BCUT2D eigenvalue weighted by Gasteiger charge is 2.11. The van der Waals surface area contributed by atoms with Crippen LogP contribution in [-0.2, 0) is 11.3 Å². The van der Waals surface area contributed by atoms with Crippen molar-refractivity contribution in [3.63, 3.8) is 0 Å². The lowest BCUT2D eigenvalue weighted by Gasteiger charge is -2.06. The highest BCUT2D eigenvalue weighted by molar-refractivity contribution is 5.87. The normalized spacial score (nSPS) is 10.8. The van der Waals surface area contributed by atoms with Crippen LogP contribution in [0.4, 0.5) is 0 Å². The maximum Gasteiger partial charge on any atom is 0.336 e. The predicted octanol–water partition coefficient (Wildman–Crippen LogP) is 1.35. The van der Waals surface area contributed by atoms with Crippen molar-refractivity contribution in [2.75, 3.05) is 7.11 Å². The van der Waals surface area contributed by atoms with E-state index < -0.39 is 5.63 Å². The Morgan fingerprint density at radius 3 is 2.75 bits per heavy atom. The van der Waals surface area contributed by atoms with E-state index in [4.69, 9.17) is 9.15 Å². The third-order valence-electron chi connectivity index (χ3n) is 2.19. The second-order valence-corrected chi connectivity index (χ2v) is 3.36. The molecule has 0 saturated heterocycles. The van der Waals surface area contributed by atoms with Crippen molar-refractivity contribution >= 4 is 11.0 Å². The number of benzene rings is 1. The minimum absolute atomic E-state index is 0.136. The standard InChI is InChI=1S/C11H10O5/c1-15-5-6-2-10(14)16-9-4-7(12)3-8(13)11(6)9/h2-4,12-13H,5H2,1H3. The van der Waals surface area contributed by atoms with Crippen molar-refractivity contribution in [2.45, 2.75) is 6.61 Å². The molecule has 2 N–H and O–H groups in total. The van der Waals surface area contributed by atoms with Crippen LogP contribution < -0.4 is 5.63 Å². The van der Waals surface area contributed by atoms with Crippen molar-refractivity contribution in [1.82, 2.24) is 0 Å². The van der Waals surface area contributed by atoms with Crippen molar-refractivity contribution in [1.29, 1.82) is 0 Å². The molecule has 0 amide bonds. The molecule has 0 bridgehead atoms. The molecule has 2 rings (SSSR count). The lowest BCUT2D eigenvalue weighted by Crippen LogP contribution is -2.01. The van der Waals surface area contributed by atoms with E-state index in [0.717, 1.165) is 0 Å². The van der Waals surface area contributed by atoms with E-state index in [1.807, 2.05) is 0 Å². The predicted molar refractivity (Wildman–Crippen MR) is 56.5 cm³/mol. The molecule has 1 aromatic carbocycles. The Labute approximate surface area is 90.5 Å². The number of ether oxygens (including phenoxy) is 1. The molecule has 0 aliphatic rings. The van der Waals surface area contributed by atoms with Crippen LogP contribution in [-0.4, -0.2) is 17.3 Å². The van der Waals surface area contributed by atoms with Crippen LogP contribution in [0.3, 0.4) is 0 Å². The fraction of sp³-hybridized carbons (Fsp3) is 0.182. The smallest absolute Gasteiger partial charge is 0.336 e. The fourth-order valence-electron chi connectivity index (χ4n) is 1.61. The SMILES string of the molecule is COCc1cc(=O)oc2cc(O)cc(O)c12. The first-order valence-electron chi connectivity index (χ1n) is 4.59. The molecule has 1 heterocycles. The van der Waals surface area contributed by atoms with Gasteiger partial charge in [0.05, 0.1) is 12.0 Å². The Bertz CT molecular complexity index is 585. The summed E-state index contributed by atoms with van der Waals surface area (Å²) in [5.74, 6) is -0.312. The van der Waals surface area contributed by atoms with Crippen molar-refractivity contribution < 1.29 is 19.4 Å². The zero-order valence-corrected chi connectivity index (χ0v) is 8.56. The zero-order valence-electron chi connectivity index (χ0n) is 8.56. The van der Waals surface area contributed by atoms with Crippen LogP contribution >= 0.6 is 0 Å². The lowest BCUT2D eigenvalue weighted by molar-refractivity contribution is 0.185. The second kappa shape index (κ2) is 3.86. The average molecular weight is 222 g/mol. The van der Waals surface area contributed by atoms with E-state index >= 15 is 0 Å². The van der Waals surface area contributed by atoms with Gasteiger partial charge in [0.15, 0.2) is 0 Å². The van der Waals surface area contributed by atoms with Gasteiger partial charge < -0.3 is 19.4 Å². The summed E-state index contributed by atoms with van der Waals surface area (Å²) in [6.45, 7) is 0.181. The number of fused-ring (bicyclic) bond motifs is 1. The topological polar surface area (TPSA) is 79.9 Å². The Hall–Kier alpha value is -2.01. The summed E-state index contributed by atoms with van der Waals surface area (Å²) >= 11 is 0. The first kappa shape index (κ1) is 10.5. The van der Waals surface area contributed by atoms with Crippen LogP contribution in [0.2, 0.25) is 0 Å². The van der Waals surface area contributed by atoms with Gasteiger partial charge in [-0.1, -0.05) is 0 Å². The monoisotopic (exact) mass is 222 g/mol. The van der Waals surface area contributed by atoms with Gasteiger partial charge in [-0.3, -0.25) is 0 Å². The number of hydrogen-bond acceptors (Lipinski definition) is 5. The molecule has 2 aromatic rings. The van der Waals surface area contributed by atoms with E-state index in [9.17, 15) is 15.0 Å². The Balaban J connectivity index is 2.84. The molecule has 0 spiro atoms. The van der Waals surface area contributed by atoms with Crippen molar-refractivity contribution in [3.05, 3.63) is 34.2 Å². The molecule has 0 unspecified atom stereocenters. The van der Waals surface area contributed by atoms with Crippen LogP contribution in [0.25, 0.3) is 11.0 Å². The van der Waals surface area contributed by atoms with Crippen LogP contribution in [0, 0.1) is 0 Å². The molecule has 0 saturated carbocycles. The van der Waals surface area contributed by atoms with Crippen LogP contribution in [0.5, 0.6) is 11.5 Å². The van der Waals surface area contributed by atoms with E-state index in [-0.39, 0.29) is 23.7 Å². The molecule has 16 heavy (non-hydrogen) atoms. The van der Waals surface area contributed by atoms with Gasteiger partial charge in [0.25, 0.3) is 0 Å². The summed E-state index contributed by atoms with van der Waals surface area (Å²) < 4.78 is 9.80. The average Bonchev–Trinajstić information content (AvgIpc) is 2.15. The first-order valence-corrected chi connectivity index (χ1v) is 4.59. The van der Waals surface area contributed by atoms with E-state index in [0.29, 0.717) is 10.9 Å². The Morgan fingerprint density at radius 2 is 2.06 bits per heavy atom. The summed E-state index contributed by atoms with van der Waals surface area (Å²) in [4.78, 5) is 11.2. The molecule has 5 heteroatoms. The number of methoxy groups -OCH3 is 1. The van der Waals surface area contributed by atoms with Crippen LogP contribution in [0.1, 0.15) is 5.56 Å². The number of phenols is 2. The molecule has 0 aliphatic heterocycles. The summed E-state index contributed by atoms with van der Waals surface area (Å²) in [5.41, 5.74) is 0.104. The molecule has 0 aliphatic carbocycles. The van der Waals surface area contributed by atoms with E-state index in [2.05, 4.69) is 0 Å². The quantitative estimate of drug-likeness (QED) is 0.750. The van der Waals surface area contributed by atoms with Crippen molar-refractivity contribution in [2.24, 2.45) is 0 Å². The maximum absolute atomic E-state index is 11.2. The van der Waals surface area contributed by atoms with Gasteiger partial charge in [-0.2, -0.15) is 0 Å². The second-order valence-electron chi connectivity index (χ2n) is 3.36. The Morgan fingerprint density at radius 1 is 1.31 bits per heavy atom. The van der Waals surface area contributed by atoms with Gasteiger partial charge in [-0.25, -0.2) is 4.79 Å². The zero-order chi connectivity index (χ0) is 11.7. The third kappa shape index (κ3) is 1.72. The number of rotatable bonds is 2. The molecular weight excluding hydrogens is 212 g/mol. The van der Waals surface area contributed by atoms with Gasteiger partial charge in [0, 0.05) is 25.3 Å². The molecule has 1 aromatic heterocycles. The van der Waals surface area contributed by atoms with E-state index in [1.54, 1.807) is 0 Å². The molecule has 5 nitrogen and oxygen atoms in total. The van der Waals surface area contributed by atoms with Crippen LogP contribution in [0.15, 0.2) is 27.4 Å². The van der Waals surface area contributed by atoms with Gasteiger partial charge >= 0.3 is 5.63 Å². The first-order chi connectivity index (χ1) is 7.61. The summed E-state index contributed by atoms with van der Waals surface area (Å²) in [6, 6.07) is 3.71. The Kier molecular flexibility index (Phi) is 2.54. The number of hydrogen-bond donors (Lipinski definition) is 2. The van der Waals surface area contributed by atoms with E-state index in [1.165, 1.54) is 25.3 Å². The largest absolute Gasteiger partial charge is 0.508 e. The molecule has 0 fully saturated rings. The summed E-state index contributed by atoms with van der Waals surface area (Å²) in [7, 11) is 1.48.